The molecule has 0 amide bonds. The van der Waals surface area contributed by atoms with E-state index in [4.69, 9.17) is 0 Å². The summed E-state index contributed by atoms with van der Waals surface area (Å²) in [5.74, 6) is -2.73. The van der Waals surface area contributed by atoms with Crippen molar-refractivity contribution in [1.29, 1.82) is 0 Å². The lowest BCUT2D eigenvalue weighted by molar-refractivity contribution is -0.110. The van der Waals surface area contributed by atoms with Crippen LogP contribution in [0.25, 0.3) is 0 Å². The number of carbonyl (C=O) groups is 1. The topological polar surface area (TPSA) is 17.1 Å². The van der Waals surface area contributed by atoms with Crippen molar-refractivity contribution in [3.05, 3.63) is 0 Å². The number of halogens is 3. The highest BCUT2D eigenvalue weighted by Gasteiger charge is 2.28. The van der Waals surface area contributed by atoms with Gasteiger partial charge < -0.3 is 0 Å². The van der Waals surface area contributed by atoms with Crippen molar-refractivity contribution < 1.29 is 18.0 Å². The molecule has 0 bridgehead atoms. The third kappa shape index (κ3) is 8.78. The number of thioether (sulfide) groups is 1. The zero-order valence-corrected chi connectivity index (χ0v) is 9.88. The normalized spacial score (nSPS) is 13.9. The first-order valence-corrected chi connectivity index (χ1v) is 6.03. The van der Waals surface area contributed by atoms with Crippen LogP contribution in [0, 0.1) is 0 Å². The molecule has 0 heterocycles. The molecule has 1 nitrogen and oxygen atoms in total. The summed E-state index contributed by atoms with van der Waals surface area (Å²) in [6.07, 6.45) is -1.75. The van der Waals surface area contributed by atoms with E-state index in [1.165, 1.54) is 6.92 Å². The van der Waals surface area contributed by atoms with Crippen molar-refractivity contribution in [3.8, 4) is 0 Å². The molecular weight excluding hydrogens is 225 g/mol. The molecule has 0 radical (unpaired) electrons. The van der Waals surface area contributed by atoms with Gasteiger partial charge in [0.15, 0.2) is 5.12 Å². The summed E-state index contributed by atoms with van der Waals surface area (Å²) < 4.78 is 38.4. The lowest BCUT2D eigenvalue weighted by Gasteiger charge is -2.15. The highest BCUT2D eigenvalue weighted by molar-refractivity contribution is 8.13. The van der Waals surface area contributed by atoms with Gasteiger partial charge in [0, 0.05) is 25.0 Å². The van der Waals surface area contributed by atoms with Crippen LogP contribution >= 0.6 is 11.8 Å². The second-order valence-corrected chi connectivity index (χ2v) is 4.65. The van der Waals surface area contributed by atoms with Crippen LogP contribution in [0.1, 0.15) is 39.5 Å². The van der Waals surface area contributed by atoms with Crippen LogP contribution in [-0.2, 0) is 4.79 Å². The van der Waals surface area contributed by atoms with Gasteiger partial charge in [-0.25, -0.2) is 13.2 Å². The SMILES string of the molecule is CCC(=O)SCCC(F)(F)CCC(C)F. The Morgan fingerprint density at radius 2 is 2.00 bits per heavy atom. The largest absolute Gasteiger partial charge is 0.287 e. The number of hydrogen-bond acceptors (Lipinski definition) is 2. The van der Waals surface area contributed by atoms with E-state index >= 15 is 0 Å². The third-order valence-electron chi connectivity index (χ3n) is 1.93. The van der Waals surface area contributed by atoms with Crippen molar-refractivity contribution in [1.82, 2.24) is 0 Å². The summed E-state index contributed by atoms with van der Waals surface area (Å²) in [4.78, 5) is 10.8. The van der Waals surface area contributed by atoms with Gasteiger partial charge in [-0.1, -0.05) is 18.7 Å². The second-order valence-electron chi connectivity index (χ2n) is 3.50. The Bertz CT molecular complexity index is 195. The van der Waals surface area contributed by atoms with Crippen LogP contribution in [0.5, 0.6) is 0 Å². The summed E-state index contributed by atoms with van der Waals surface area (Å²) >= 11 is 0.925. The molecule has 0 saturated heterocycles. The minimum absolute atomic E-state index is 0.0790. The first-order valence-electron chi connectivity index (χ1n) is 5.05. The van der Waals surface area contributed by atoms with Crippen LogP contribution < -0.4 is 0 Å². The molecule has 0 aromatic rings. The highest BCUT2D eigenvalue weighted by atomic mass is 32.2. The standard InChI is InChI=1S/C10H17F3OS/c1-3-9(14)15-7-6-10(12,13)5-4-8(2)11/h8H,3-7H2,1-2H3. The Morgan fingerprint density at radius 1 is 1.40 bits per heavy atom. The summed E-state index contributed by atoms with van der Waals surface area (Å²) in [6.45, 7) is 2.96. The van der Waals surface area contributed by atoms with E-state index in [1.807, 2.05) is 0 Å². The molecule has 90 valence electrons. The Labute approximate surface area is 92.8 Å². The van der Waals surface area contributed by atoms with Crippen LogP contribution in [0.4, 0.5) is 13.2 Å². The van der Waals surface area contributed by atoms with E-state index in [2.05, 4.69) is 0 Å². The van der Waals surface area contributed by atoms with Gasteiger partial charge >= 0.3 is 0 Å². The number of hydrogen-bond donors (Lipinski definition) is 0. The molecule has 0 saturated carbocycles. The first-order chi connectivity index (χ1) is 6.87. The third-order valence-corrected chi connectivity index (χ3v) is 2.95. The van der Waals surface area contributed by atoms with E-state index in [1.54, 1.807) is 6.92 Å². The van der Waals surface area contributed by atoms with E-state index in [0.717, 1.165) is 11.8 Å². The zero-order chi connectivity index (χ0) is 11.9. The van der Waals surface area contributed by atoms with E-state index in [0.29, 0.717) is 6.42 Å². The summed E-state index contributed by atoms with van der Waals surface area (Å²) in [7, 11) is 0. The molecule has 0 fully saturated rings. The molecule has 1 atom stereocenters. The number of carbonyl (C=O) groups excluding carboxylic acids is 1. The lowest BCUT2D eigenvalue weighted by atomic mass is 10.1. The average Bonchev–Trinajstić information content (AvgIpc) is 2.14. The molecule has 1 unspecified atom stereocenters. The van der Waals surface area contributed by atoms with E-state index in [9.17, 15) is 18.0 Å². The van der Waals surface area contributed by atoms with Gasteiger partial charge in [0.2, 0.25) is 5.92 Å². The molecule has 0 aliphatic heterocycles. The number of rotatable bonds is 7. The predicted molar refractivity (Wildman–Crippen MR) is 57.1 cm³/mol. The molecule has 0 rings (SSSR count). The van der Waals surface area contributed by atoms with Crippen molar-refractivity contribution in [2.24, 2.45) is 0 Å². The first kappa shape index (κ1) is 14.8. The lowest BCUT2D eigenvalue weighted by Crippen LogP contribution is -2.18. The molecule has 0 aromatic carbocycles. The second kappa shape index (κ2) is 7.14. The monoisotopic (exact) mass is 242 g/mol. The Balaban J connectivity index is 3.68. The Kier molecular flexibility index (Phi) is 7.05. The van der Waals surface area contributed by atoms with Crippen LogP contribution in [0.2, 0.25) is 0 Å². The van der Waals surface area contributed by atoms with Gasteiger partial charge in [-0.2, -0.15) is 0 Å². The molecule has 0 aliphatic rings. The van der Waals surface area contributed by atoms with Crippen molar-refractivity contribution >= 4 is 16.9 Å². The van der Waals surface area contributed by atoms with Crippen molar-refractivity contribution in [2.75, 3.05) is 5.75 Å². The zero-order valence-electron chi connectivity index (χ0n) is 9.06. The minimum Gasteiger partial charge on any atom is -0.287 e. The van der Waals surface area contributed by atoms with Crippen molar-refractivity contribution in [2.45, 2.75) is 51.6 Å². The van der Waals surface area contributed by atoms with E-state index in [-0.39, 0.29) is 23.7 Å². The molecule has 0 N–H and O–H groups in total. The fraction of sp³-hybridized carbons (Fsp3) is 0.900. The highest BCUT2D eigenvalue weighted by Crippen LogP contribution is 2.27. The molecule has 0 spiro atoms. The van der Waals surface area contributed by atoms with Gasteiger partial charge in [-0.15, -0.1) is 0 Å². The maximum Gasteiger partial charge on any atom is 0.249 e. The fourth-order valence-electron chi connectivity index (χ4n) is 0.951. The van der Waals surface area contributed by atoms with Crippen LogP contribution in [0.3, 0.4) is 0 Å². The van der Waals surface area contributed by atoms with Gasteiger partial charge in [0.1, 0.15) is 0 Å². The summed E-state index contributed by atoms with van der Waals surface area (Å²) in [5, 5.41) is -0.0790. The smallest absolute Gasteiger partial charge is 0.249 e. The average molecular weight is 242 g/mol. The van der Waals surface area contributed by atoms with Crippen LogP contribution in [0.15, 0.2) is 0 Å². The number of alkyl halides is 3. The quantitative estimate of drug-likeness (QED) is 0.675. The van der Waals surface area contributed by atoms with Gasteiger partial charge in [0.05, 0.1) is 6.17 Å². The van der Waals surface area contributed by atoms with Crippen LogP contribution in [-0.4, -0.2) is 23.0 Å². The van der Waals surface area contributed by atoms with E-state index < -0.39 is 18.5 Å². The predicted octanol–water partition coefficient (Wildman–Crippen LogP) is 3.82. The minimum atomic E-state index is -2.85. The summed E-state index contributed by atoms with van der Waals surface area (Å²) in [6, 6.07) is 0. The van der Waals surface area contributed by atoms with Crippen molar-refractivity contribution in [3.63, 3.8) is 0 Å². The van der Waals surface area contributed by atoms with Gasteiger partial charge in [-0.3, -0.25) is 4.79 Å². The molecular formula is C10H17F3OS. The Hall–Kier alpha value is -0.190. The molecule has 0 aliphatic carbocycles. The summed E-state index contributed by atoms with van der Waals surface area (Å²) in [5.41, 5.74) is 0. The maximum atomic E-state index is 13.0. The molecule has 15 heavy (non-hydrogen) atoms. The van der Waals surface area contributed by atoms with Gasteiger partial charge in [0.25, 0.3) is 0 Å². The Morgan fingerprint density at radius 3 is 2.47 bits per heavy atom. The maximum absolute atomic E-state index is 13.0. The molecule has 0 aromatic heterocycles. The van der Waals surface area contributed by atoms with Gasteiger partial charge in [-0.05, 0) is 13.3 Å². The fourth-order valence-corrected chi connectivity index (χ4v) is 1.78. The molecule has 5 heteroatoms.